The van der Waals surface area contributed by atoms with E-state index in [4.69, 9.17) is 4.74 Å². The summed E-state index contributed by atoms with van der Waals surface area (Å²) in [5.41, 5.74) is 0. The number of rotatable bonds is 6. The van der Waals surface area contributed by atoms with Crippen molar-refractivity contribution >= 4 is 10.0 Å². The highest BCUT2D eigenvalue weighted by atomic mass is 32.2. The minimum Gasteiger partial charge on any atom is -0.494 e. The molecule has 0 aromatic heterocycles. The first kappa shape index (κ1) is 14.3. The van der Waals surface area contributed by atoms with Gasteiger partial charge < -0.3 is 4.74 Å². The molecule has 0 aliphatic carbocycles. The molecule has 0 bridgehead atoms. The molecule has 0 spiro atoms. The summed E-state index contributed by atoms with van der Waals surface area (Å²) >= 11 is 0. The third kappa shape index (κ3) is 3.48. The second-order valence-electron chi connectivity index (χ2n) is 4.78. The molecule has 0 N–H and O–H groups in total. The molecule has 1 aliphatic heterocycles. The highest BCUT2D eigenvalue weighted by Gasteiger charge is 2.26. The van der Waals surface area contributed by atoms with E-state index >= 15 is 0 Å². The van der Waals surface area contributed by atoms with E-state index in [0.29, 0.717) is 24.6 Å². The Hall–Kier alpha value is -1.07. The quantitative estimate of drug-likeness (QED) is 0.754. The lowest BCUT2D eigenvalue weighted by Gasteiger charge is -2.15. The van der Waals surface area contributed by atoms with Crippen LogP contribution >= 0.6 is 0 Å². The van der Waals surface area contributed by atoms with Gasteiger partial charge in [0.25, 0.3) is 0 Å². The van der Waals surface area contributed by atoms with E-state index in [0.717, 1.165) is 31.4 Å². The van der Waals surface area contributed by atoms with Gasteiger partial charge in [-0.1, -0.05) is 13.3 Å². The highest BCUT2D eigenvalue weighted by Crippen LogP contribution is 2.22. The molecule has 0 amide bonds. The number of hydrogen-bond acceptors (Lipinski definition) is 3. The van der Waals surface area contributed by atoms with Gasteiger partial charge in [0, 0.05) is 13.1 Å². The number of hydrogen-bond donors (Lipinski definition) is 0. The zero-order valence-electron chi connectivity index (χ0n) is 11.3. The normalized spacial score (nSPS) is 16.7. The van der Waals surface area contributed by atoms with Gasteiger partial charge in [0.15, 0.2) is 0 Å². The van der Waals surface area contributed by atoms with Crippen molar-refractivity contribution < 1.29 is 13.2 Å². The number of ether oxygens (including phenoxy) is 1. The first-order valence-corrected chi connectivity index (χ1v) is 8.31. The van der Waals surface area contributed by atoms with Crippen molar-refractivity contribution in [2.75, 3.05) is 19.7 Å². The molecule has 1 aromatic rings. The Morgan fingerprint density at radius 2 is 1.79 bits per heavy atom. The van der Waals surface area contributed by atoms with E-state index in [1.165, 1.54) is 0 Å². The zero-order chi connectivity index (χ0) is 13.7. The van der Waals surface area contributed by atoms with Crippen LogP contribution in [-0.4, -0.2) is 32.4 Å². The van der Waals surface area contributed by atoms with E-state index < -0.39 is 10.0 Å². The number of nitrogens with zero attached hydrogens (tertiary/aromatic N) is 1. The van der Waals surface area contributed by atoms with Gasteiger partial charge in [0.1, 0.15) is 5.75 Å². The van der Waals surface area contributed by atoms with Gasteiger partial charge in [-0.3, -0.25) is 0 Å². The molecule has 19 heavy (non-hydrogen) atoms. The predicted molar refractivity (Wildman–Crippen MR) is 74.8 cm³/mol. The summed E-state index contributed by atoms with van der Waals surface area (Å²) in [7, 11) is -3.30. The van der Waals surface area contributed by atoms with Crippen LogP contribution in [0.5, 0.6) is 5.75 Å². The second kappa shape index (κ2) is 6.39. The summed E-state index contributed by atoms with van der Waals surface area (Å²) in [5.74, 6) is 0.730. The Morgan fingerprint density at radius 3 is 2.37 bits per heavy atom. The fourth-order valence-electron chi connectivity index (χ4n) is 2.12. The van der Waals surface area contributed by atoms with Crippen molar-refractivity contribution in [3.05, 3.63) is 24.3 Å². The lowest BCUT2D eigenvalue weighted by atomic mass is 10.3. The largest absolute Gasteiger partial charge is 0.494 e. The highest BCUT2D eigenvalue weighted by molar-refractivity contribution is 7.89. The molecule has 1 saturated heterocycles. The molecule has 1 heterocycles. The lowest BCUT2D eigenvalue weighted by molar-refractivity contribution is 0.309. The Balaban J connectivity index is 2.05. The molecule has 106 valence electrons. The van der Waals surface area contributed by atoms with E-state index in [-0.39, 0.29) is 0 Å². The Morgan fingerprint density at radius 1 is 1.16 bits per heavy atom. The SMILES string of the molecule is CCCCOc1ccc(S(=O)(=O)N2CCCC2)cc1. The van der Waals surface area contributed by atoms with Gasteiger partial charge in [-0.2, -0.15) is 4.31 Å². The van der Waals surface area contributed by atoms with Crippen molar-refractivity contribution in [3.8, 4) is 5.75 Å². The molecule has 1 fully saturated rings. The van der Waals surface area contributed by atoms with E-state index in [1.807, 2.05) is 0 Å². The van der Waals surface area contributed by atoms with Crippen LogP contribution in [0.1, 0.15) is 32.6 Å². The van der Waals surface area contributed by atoms with E-state index in [2.05, 4.69) is 6.92 Å². The van der Waals surface area contributed by atoms with Gasteiger partial charge in [-0.25, -0.2) is 8.42 Å². The van der Waals surface area contributed by atoms with Crippen LogP contribution in [0.25, 0.3) is 0 Å². The van der Waals surface area contributed by atoms with Crippen molar-refractivity contribution in [1.82, 2.24) is 4.31 Å². The molecular weight excluding hydrogens is 262 g/mol. The summed E-state index contributed by atoms with van der Waals surface area (Å²) in [4.78, 5) is 0.359. The van der Waals surface area contributed by atoms with Crippen molar-refractivity contribution in [2.45, 2.75) is 37.5 Å². The third-order valence-electron chi connectivity index (χ3n) is 3.29. The minimum absolute atomic E-state index is 0.359. The van der Waals surface area contributed by atoms with Gasteiger partial charge in [0.05, 0.1) is 11.5 Å². The first-order chi connectivity index (χ1) is 9.14. The van der Waals surface area contributed by atoms with Crippen molar-refractivity contribution in [1.29, 1.82) is 0 Å². The van der Waals surface area contributed by atoms with Crippen LogP contribution in [-0.2, 0) is 10.0 Å². The second-order valence-corrected chi connectivity index (χ2v) is 6.72. The predicted octanol–water partition coefficient (Wildman–Crippen LogP) is 2.65. The molecular formula is C14H21NO3S. The Labute approximate surface area is 115 Å². The third-order valence-corrected chi connectivity index (χ3v) is 5.21. The topological polar surface area (TPSA) is 46.6 Å². The van der Waals surface area contributed by atoms with E-state index in [9.17, 15) is 8.42 Å². The summed E-state index contributed by atoms with van der Waals surface area (Å²) in [5, 5.41) is 0. The van der Waals surface area contributed by atoms with Gasteiger partial charge in [-0.15, -0.1) is 0 Å². The summed E-state index contributed by atoms with van der Waals surface area (Å²) in [6.45, 7) is 4.05. The fraction of sp³-hybridized carbons (Fsp3) is 0.571. The maximum atomic E-state index is 12.3. The summed E-state index contributed by atoms with van der Waals surface area (Å²) < 4.78 is 31.7. The zero-order valence-corrected chi connectivity index (χ0v) is 12.2. The molecule has 1 aromatic carbocycles. The average molecular weight is 283 g/mol. The molecule has 0 atom stereocenters. The van der Waals surface area contributed by atoms with Crippen LogP contribution in [0.2, 0.25) is 0 Å². The maximum Gasteiger partial charge on any atom is 0.243 e. The molecule has 2 rings (SSSR count). The van der Waals surface area contributed by atoms with Crippen LogP contribution in [0.15, 0.2) is 29.2 Å². The van der Waals surface area contributed by atoms with Crippen LogP contribution in [0, 0.1) is 0 Å². The summed E-state index contributed by atoms with van der Waals surface area (Å²) in [6, 6.07) is 6.74. The molecule has 5 heteroatoms. The lowest BCUT2D eigenvalue weighted by Crippen LogP contribution is -2.27. The first-order valence-electron chi connectivity index (χ1n) is 6.87. The number of unbranched alkanes of at least 4 members (excludes halogenated alkanes) is 1. The molecule has 0 radical (unpaired) electrons. The smallest absolute Gasteiger partial charge is 0.243 e. The fourth-order valence-corrected chi connectivity index (χ4v) is 3.64. The standard InChI is InChI=1S/C14H21NO3S/c1-2-3-12-18-13-6-8-14(9-7-13)19(16,17)15-10-4-5-11-15/h6-9H,2-5,10-12H2,1H3. The Kier molecular flexibility index (Phi) is 4.82. The van der Waals surface area contributed by atoms with Crippen molar-refractivity contribution in [3.63, 3.8) is 0 Å². The van der Waals surface area contributed by atoms with Crippen LogP contribution < -0.4 is 4.74 Å². The summed E-state index contributed by atoms with van der Waals surface area (Å²) in [6.07, 6.45) is 4.00. The van der Waals surface area contributed by atoms with Gasteiger partial charge in [-0.05, 0) is 43.5 Å². The number of sulfonamides is 1. The number of benzene rings is 1. The molecule has 0 saturated carbocycles. The van der Waals surface area contributed by atoms with Crippen molar-refractivity contribution in [2.24, 2.45) is 0 Å². The minimum atomic E-state index is -3.30. The maximum absolute atomic E-state index is 12.3. The average Bonchev–Trinajstić information content (AvgIpc) is 2.94. The van der Waals surface area contributed by atoms with E-state index in [1.54, 1.807) is 28.6 Å². The molecule has 0 unspecified atom stereocenters. The Bertz CT molecular complexity index is 490. The van der Waals surface area contributed by atoms with Crippen LogP contribution in [0.3, 0.4) is 0 Å². The van der Waals surface area contributed by atoms with Gasteiger partial charge in [0.2, 0.25) is 10.0 Å². The monoisotopic (exact) mass is 283 g/mol. The molecule has 4 nitrogen and oxygen atoms in total. The molecule has 1 aliphatic rings. The van der Waals surface area contributed by atoms with Gasteiger partial charge >= 0.3 is 0 Å². The van der Waals surface area contributed by atoms with Crippen LogP contribution in [0.4, 0.5) is 0 Å².